The Labute approximate surface area is 243 Å². The number of H-pyrrole nitrogens is 1. The van der Waals surface area contributed by atoms with Crippen LogP contribution in [-0.4, -0.2) is 31.8 Å². The first-order valence-electron chi connectivity index (χ1n) is 13.9. The molecule has 8 nitrogen and oxygen atoms in total. The zero-order valence-electron chi connectivity index (χ0n) is 22.6. The molecule has 2 atom stereocenters. The Bertz CT molecular complexity index is 1350. The van der Waals surface area contributed by atoms with E-state index in [1.807, 2.05) is 55.5 Å². The smallest absolute Gasteiger partial charge is 0.322 e. The highest BCUT2D eigenvalue weighted by Crippen LogP contribution is 2.33. The fraction of sp³-hybridized carbons (Fsp3) is 0.355. The maximum atomic E-state index is 13.7. The highest BCUT2D eigenvalue weighted by Gasteiger charge is 2.21. The van der Waals surface area contributed by atoms with Crippen molar-refractivity contribution in [1.82, 2.24) is 25.9 Å². The molecule has 9 heteroatoms. The highest BCUT2D eigenvalue weighted by molar-refractivity contribution is 9.10. The van der Waals surface area contributed by atoms with Gasteiger partial charge in [0.1, 0.15) is 0 Å². The van der Waals surface area contributed by atoms with Gasteiger partial charge in [-0.25, -0.2) is 4.79 Å². The van der Waals surface area contributed by atoms with Gasteiger partial charge in [0.25, 0.3) is 0 Å². The third kappa shape index (κ3) is 7.14. The number of halogens is 1. The first-order chi connectivity index (χ1) is 19.5. The lowest BCUT2D eigenvalue weighted by Gasteiger charge is -2.27. The molecule has 40 heavy (non-hydrogen) atoms. The number of tetrazole rings is 1. The summed E-state index contributed by atoms with van der Waals surface area (Å²) in [5.74, 6) is 1.06. The van der Waals surface area contributed by atoms with Crippen LogP contribution in [-0.2, 0) is 13.0 Å². The summed E-state index contributed by atoms with van der Waals surface area (Å²) in [6.07, 6.45) is 5.89. The molecule has 1 aromatic heterocycles. The summed E-state index contributed by atoms with van der Waals surface area (Å²) < 4.78 is 1.00. The molecule has 4 aromatic rings. The van der Waals surface area contributed by atoms with Crippen LogP contribution in [0.3, 0.4) is 0 Å². The van der Waals surface area contributed by atoms with Gasteiger partial charge in [-0.05, 0) is 72.2 Å². The number of amides is 2. The fourth-order valence-corrected chi connectivity index (χ4v) is 5.59. The first-order valence-corrected chi connectivity index (χ1v) is 14.7. The number of hydrogen-bond acceptors (Lipinski definition) is 5. The van der Waals surface area contributed by atoms with E-state index in [2.05, 4.69) is 66.1 Å². The minimum absolute atomic E-state index is 0.160. The predicted molar refractivity (Wildman–Crippen MR) is 159 cm³/mol. The van der Waals surface area contributed by atoms with Crippen LogP contribution in [0.25, 0.3) is 0 Å². The van der Waals surface area contributed by atoms with Crippen LogP contribution in [0.15, 0.2) is 77.3 Å². The number of carbonyl (C=O) groups excluding carboxylic acids is 1. The maximum Gasteiger partial charge on any atom is 0.322 e. The molecule has 208 valence electrons. The lowest BCUT2D eigenvalue weighted by Crippen LogP contribution is -2.40. The van der Waals surface area contributed by atoms with Crippen molar-refractivity contribution < 1.29 is 9.90 Å². The largest absolute Gasteiger partial charge is 0.388 e. The third-order valence-electron chi connectivity index (χ3n) is 7.71. The summed E-state index contributed by atoms with van der Waals surface area (Å²) in [7, 11) is 0. The molecule has 1 saturated carbocycles. The van der Waals surface area contributed by atoms with Gasteiger partial charge in [0.05, 0.1) is 18.7 Å². The van der Waals surface area contributed by atoms with Crippen LogP contribution in [0, 0.1) is 0 Å². The summed E-state index contributed by atoms with van der Waals surface area (Å²) in [6.45, 7) is 2.38. The number of aliphatic hydroxyl groups excluding tert-OH is 1. The summed E-state index contributed by atoms with van der Waals surface area (Å²) in [4.78, 5) is 15.5. The topological polar surface area (TPSA) is 107 Å². The molecule has 0 bridgehead atoms. The molecule has 3 aromatic carbocycles. The predicted octanol–water partition coefficient (Wildman–Crippen LogP) is 6.76. The van der Waals surface area contributed by atoms with Gasteiger partial charge in [0, 0.05) is 16.6 Å². The van der Waals surface area contributed by atoms with Crippen molar-refractivity contribution in [1.29, 1.82) is 0 Å². The number of hydrogen-bond donors (Lipinski definition) is 3. The van der Waals surface area contributed by atoms with Crippen molar-refractivity contribution in [2.45, 2.75) is 70.1 Å². The van der Waals surface area contributed by atoms with Crippen LogP contribution in [0.2, 0.25) is 0 Å². The monoisotopic (exact) mass is 602 g/mol. The number of nitrogens with zero attached hydrogens (tertiary/aromatic N) is 4. The van der Waals surface area contributed by atoms with Crippen molar-refractivity contribution in [2.75, 3.05) is 4.90 Å². The molecule has 1 aliphatic carbocycles. The zero-order chi connectivity index (χ0) is 27.9. The van der Waals surface area contributed by atoms with E-state index in [1.165, 1.54) is 37.7 Å². The van der Waals surface area contributed by atoms with E-state index in [0.717, 1.165) is 26.9 Å². The van der Waals surface area contributed by atoms with Crippen LogP contribution in [0.4, 0.5) is 10.5 Å². The molecular weight excluding hydrogens is 568 g/mol. The molecule has 3 N–H and O–H groups in total. The minimum Gasteiger partial charge on any atom is -0.388 e. The average Bonchev–Trinajstić information content (AvgIpc) is 3.50. The van der Waals surface area contributed by atoms with Crippen LogP contribution < -0.4 is 10.2 Å². The van der Waals surface area contributed by atoms with E-state index >= 15 is 0 Å². The van der Waals surface area contributed by atoms with Gasteiger partial charge in [0.2, 0.25) is 0 Å². The number of aromatic amines is 1. The number of benzene rings is 3. The minimum atomic E-state index is -0.745. The van der Waals surface area contributed by atoms with Gasteiger partial charge in [-0.3, -0.25) is 4.90 Å². The molecule has 2 amide bonds. The Morgan fingerprint density at radius 2 is 1.68 bits per heavy atom. The van der Waals surface area contributed by atoms with Crippen molar-refractivity contribution in [2.24, 2.45) is 0 Å². The molecule has 0 saturated heterocycles. The van der Waals surface area contributed by atoms with Crippen molar-refractivity contribution in [3.8, 4) is 0 Å². The van der Waals surface area contributed by atoms with Crippen molar-refractivity contribution in [3.05, 3.63) is 105 Å². The normalized spacial score (nSPS) is 15.4. The van der Waals surface area contributed by atoms with Crippen molar-refractivity contribution >= 4 is 27.6 Å². The second kappa shape index (κ2) is 13.2. The third-order valence-corrected chi connectivity index (χ3v) is 8.24. The molecule has 1 fully saturated rings. The fourth-order valence-electron chi connectivity index (χ4n) is 5.33. The number of aromatic nitrogens is 4. The van der Waals surface area contributed by atoms with E-state index < -0.39 is 6.10 Å². The second-order valence-electron chi connectivity index (χ2n) is 10.5. The van der Waals surface area contributed by atoms with Crippen molar-refractivity contribution in [3.63, 3.8) is 0 Å². The number of aliphatic hydroxyl groups is 1. The Morgan fingerprint density at radius 3 is 2.33 bits per heavy atom. The molecule has 1 heterocycles. The lowest BCUT2D eigenvalue weighted by atomic mass is 9.84. The van der Waals surface area contributed by atoms with E-state index in [-0.39, 0.29) is 18.5 Å². The second-order valence-corrected chi connectivity index (χ2v) is 11.4. The lowest BCUT2D eigenvalue weighted by molar-refractivity contribution is 0.176. The van der Waals surface area contributed by atoms with E-state index in [9.17, 15) is 9.90 Å². The van der Waals surface area contributed by atoms with Crippen LogP contribution in [0.5, 0.6) is 0 Å². The molecule has 1 aliphatic rings. The Morgan fingerprint density at radius 1 is 1.00 bits per heavy atom. The number of nitrogens with one attached hydrogen (secondary N) is 2. The Hall–Kier alpha value is -3.56. The molecule has 0 spiro atoms. The maximum absolute atomic E-state index is 13.7. The molecule has 0 radical (unpaired) electrons. The highest BCUT2D eigenvalue weighted by atomic mass is 79.9. The van der Waals surface area contributed by atoms with Gasteiger partial charge in [-0.1, -0.05) is 88.9 Å². The van der Waals surface area contributed by atoms with Gasteiger partial charge in [-0.2, -0.15) is 5.21 Å². The summed E-state index contributed by atoms with van der Waals surface area (Å²) in [5.41, 5.74) is 4.95. The average molecular weight is 604 g/mol. The number of anilines is 1. The molecular formula is C31H35BrN6O2. The molecule has 5 rings (SSSR count). The Balaban J connectivity index is 1.33. The molecule has 0 aliphatic heterocycles. The first kappa shape index (κ1) is 28.0. The SMILES string of the molecule is C[C@H](NC(=O)N(Cc1ccc([C@@H](O)Cc2nn[nH]n2)cc1)c1ccc(C2CCCCC2)cc1)c1ccc(Br)cc1. The van der Waals surface area contributed by atoms with E-state index in [4.69, 9.17) is 0 Å². The number of carbonyl (C=O) groups is 1. The van der Waals surface area contributed by atoms with Gasteiger partial charge < -0.3 is 10.4 Å². The number of urea groups is 1. The van der Waals surface area contributed by atoms with E-state index in [1.54, 1.807) is 4.90 Å². The standard InChI is InChI=1S/C31H35BrN6O2/c1-21(23-11-15-27(32)16-12-23)33-31(40)38(28-17-13-25(14-18-28)24-5-3-2-4-6-24)20-22-7-9-26(10-8-22)29(39)19-30-34-36-37-35-30/h7-18,21,24,29,39H,2-6,19-20H2,1H3,(H,33,40)(H,34,35,36,37)/t21-,29-/m0/s1. The number of rotatable bonds is 9. The van der Waals surface area contributed by atoms with Gasteiger partial charge in [0.15, 0.2) is 5.82 Å². The van der Waals surface area contributed by atoms with Crippen LogP contribution in [0.1, 0.15) is 85.2 Å². The van der Waals surface area contributed by atoms with E-state index in [0.29, 0.717) is 18.3 Å². The summed E-state index contributed by atoms with van der Waals surface area (Å²) >= 11 is 3.48. The molecule has 0 unspecified atom stereocenters. The summed E-state index contributed by atoms with van der Waals surface area (Å²) in [6, 6.07) is 23.8. The zero-order valence-corrected chi connectivity index (χ0v) is 24.2. The van der Waals surface area contributed by atoms with Crippen LogP contribution >= 0.6 is 15.9 Å². The van der Waals surface area contributed by atoms with Gasteiger partial charge >= 0.3 is 6.03 Å². The summed E-state index contributed by atoms with van der Waals surface area (Å²) in [5, 5.41) is 27.5. The Kier molecular flexibility index (Phi) is 9.23. The quantitative estimate of drug-likeness (QED) is 0.196. The van der Waals surface area contributed by atoms with Gasteiger partial charge in [-0.15, -0.1) is 10.2 Å².